The molecule has 1 fully saturated rings. The smallest absolute Gasteiger partial charge is 0.329 e. The number of rotatable bonds is 4. The molecule has 0 aromatic heterocycles. The van der Waals surface area contributed by atoms with Crippen LogP contribution in [0.5, 0.6) is 5.75 Å². The fourth-order valence-electron chi connectivity index (χ4n) is 2.65. The van der Waals surface area contributed by atoms with Crippen molar-refractivity contribution in [2.24, 2.45) is 0 Å². The first-order valence-corrected chi connectivity index (χ1v) is 8.09. The summed E-state index contributed by atoms with van der Waals surface area (Å²) >= 11 is 6.09. The molecule has 0 bridgehead atoms. The fraction of sp³-hybridized carbons (Fsp3) is 0.158. The summed E-state index contributed by atoms with van der Waals surface area (Å²) in [6, 6.07) is 12.4. The third-order valence-corrected chi connectivity index (χ3v) is 4.17. The Labute approximate surface area is 150 Å². The van der Waals surface area contributed by atoms with Crippen LogP contribution in [0.25, 0.3) is 6.08 Å². The lowest BCUT2D eigenvalue weighted by atomic mass is 10.1. The van der Waals surface area contributed by atoms with Crippen LogP contribution in [0.4, 0.5) is 4.79 Å². The SMILES string of the molecule is COc1ccc(/C=C2/NC(=O)N(Cc3cccc(C)c3)C2=O)cc1Cl. The van der Waals surface area contributed by atoms with Crippen molar-refractivity contribution in [3.05, 3.63) is 69.9 Å². The van der Waals surface area contributed by atoms with E-state index in [0.29, 0.717) is 16.3 Å². The van der Waals surface area contributed by atoms with Gasteiger partial charge in [0.1, 0.15) is 11.4 Å². The van der Waals surface area contributed by atoms with Crippen molar-refractivity contribution in [1.82, 2.24) is 10.2 Å². The van der Waals surface area contributed by atoms with Crippen molar-refractivity contribution in [2.45, 2.75) is 13.5 Å². The molecule has 0 spiro atoms. The second-order valence-electron chi connectivity index (χ2n) is 5.76. The van der Waals surface area contributed by atoms with Gasteiger partial charge in [0, 0.05) is 0 Å². The molecule has 2 aromatic carbocycles. The zero-order chi connectivity index (χ0) is 18.0. The maximum atomic E-state index is 12.5. The Bertz CT molecular complexity index is 877. The molecule has 2 aromatic rings. The molecule has 0 radical (unpaired) electrons. The molecule has 3 rings (SSSR count). The third-order valence-electron chi connectivity index (χ3n) is 3.87. The molecule has 0 atom stereocenters. The number of halogens is 1. The number of methoxy groups -OCH3 is 1. The lowest BCUT2D eigenvalue weighted by Gasteiger charge is -2.12. The highest BCUT2D eigenvalue weighted by molar-refractivity contribution is 6.32. The molecule has 0 saturated carbocycles. The first-order chi connectivity index (χ1) is 12.0. The molecule has 128 valence electrons. The van der Waals surface area contributed by atoms with E-state index in [-0.39, 0.29) is 18.1 Å². The Morgan fingerprint density at radius 2 is 2.00 bits per heavy atom. The highest BCUT2D eigenvalue weighted by Gasteiger charge is 2.33. The van der Waals surface area contributed by atoms with Crippen molar-refractivity contribution in [2.75, 3.05) is 7.11 Å². The van der Waals surface area contributed by atoms with Crippen LogP contribution in [0, 0.1) is 6.92 Å². The number of nitrogens with zero attached hydrogens (tertiary/aromatic N) is 1. The van der Waals surface area contributed by atoms with Crippen LogP contribution in [0.3, 0.4) is 0 Å². The van der Waals surface area contributed by atoms with Gasteiger partial charge < -0.3 is 10.1 Å². The van der Waals surface area contributed by atoms with Gasteiger partial charge in [-0.2, -0.15) is 0 Å². The fourth-order valence-corrected chi connectivity index (χ4v) is 2.91. The van der Waals surface area contributed by atoms with Gasteiger partial charge in [-0.05, 0) is 36.3 Å². The van der Waals surface area contributed by atoms with Gasteiger partial charge in [0.2, 0.25) is 0 Å². The van der Waals surface area contributed by atoms with Crippen molar-refractivity contribution in [3.63, 3.8) is 0 Å². The average molecular weight is 357 g/mol. The average Bonchev–Trinajstić information content (AvgIpc) is 2.83. The number of urea groups is 1. The quantitative estimate of drug-likeness (QED) is 0.670. The summed E-state index contributed by atoms with van der Waals surface area (Å²) in [5.74, 6) is 0.185. The minimum Gasteiger partial charge on any atom is -0.495 e. The Balaban J connectivity index is 1.82. The van der Waals surface area contributed by atoms with E-state index < -0.39 is 6.03 Å². The number of carbonyl (C=O) groups is 2. The first kappa shape index (κ1) is 17.0. The van der Waals surface area contributed by atoms with Gasteiger partial charge >= 0.3 is 6.03 Å². The first-order valence-electron chi connectivity index (χ1n) is 7.71. The van der Waals surface area contributed by atoms with Crippen LogP contribution < -0.4 is 10.1 Å². The molecule has 25 heavy (non-hydrogen) atoms. The minimum absolute atomic E-state index is 0.221. The third kappa shape index (κ3) is 3.67. The maximum absolute atomic E-state index is 12.5. The normalized spacial score (nSPS) is 15.6. The number of amides is 3. The number of carbonyl (C=O) groups excluding carboxylic acids is 2. The lowest BCUT2D eigenvalue weighted by Crippen LogP contribution is -2.30. The zero-order valence-corrected chi connectivity index (χ0v) is 14.6. The van der Waals surface area contributed by atoms with Crippen LogP contribution in [-0.4, -0.2) is 23.9 Å². The van der Waals surface area contributed by atoms with E-state index in [2.05, 4.69) is 5.32 Å². The molecular weight excluding hydrogens is 340 g/mol. The number of nitrogens with one attached hydrogen (secondary N) is 1. The lowest BCUT2D eigenvalue weighted by molar-refractivity contribution is -0.123. The van der Waals surface area contributed by atoms with E-state index in [0.717, 1.165) is 11.1 Å². The van der Waals surface area contributed by atoms with Gasteiger partial charge in [0.25, 0.3) is 5.91 Å². The van der Waals surface area contributed by atoms with E-state index in [1.165, 1.54) is 12.0 Å². The van der Waals surface area contributed by atoms with Gasteiger partial charge in [0.05, 0.1) is 18.7 Å². The highest BCUT2D eigenvalue weighted by atomic mass is 35.5. The summed E-state index contributed by atoms with van der Waals surface area (Å²) in [7, 11) is 1.53. The number of benzene rings is 2. The van der Waals surface area contributed by atoms with Crippen molar-refractivity contribution < 1.29 is 14.3 Å². The molecule has 1 aliphatic heterocycles. The van der Waals surface area contributed by atoms with Gasteiger partial charge in [-0.3, -0.25) is 9.69 Å². The summed E-state index contributed by atoms with van der Waals surface area (Å²) in [5.41, 5.74) is 2.90. The Hall–Kier alpha value is -2.79. The summed E-state index contributed by atoms with van der Waals surface area (Å²) in [5, 5.41) is 3.04. The second-order valence-corrected chi connectivity index (χ2v) is 6.17. The molecule has 1 heterocycles. The number of hydrogen-bond acceptors (Lipinski definition) is 3. The van der Waals surface area contributed by atoms with Gasteiger partial charge in [-0.1, -0.05) is 47.5 Å². The molecule has 1 N–H and O–H groups in total. The summed E-state index contributed by atoms with van der Waals surface area (Å²) in [4.78, 5) is 25.9. The molecule has 5 nitrogen and oxygen atoms in total. The van der Waals surface area contributed by atoms with Crippen LogP contribution in [0.2, 0.25) is 5.02 Å². The Morgan fingerprint density at radius 1 is 1.20 bits per heavy atom. The Kier molecular flexibility index (Phi) is 4.76. The highest BCUT2D eigenvalue weighted by Crippen LogP contribution is 2.26. The summed E-state index contributed by atoms with van der Waals surface area (Å²) in [6.45, 7) is 2.20. The molecule has 6 heteroatoms. The Morgan fingerprint density at radius 3 is 2.68 bits per heavy atom. The van der Waals surface area contributed by atoms with Crippen LogP contribution >= 0.6 is 11.6 Å². The van der Waals surface area contributed by atoms with E-state index in [1.54, 1.807) is 24.3 Å². The van der Waals surface area contributed by atoms with Gasteiger partial charge in [-0.15, -0.1) is 0 Å². The van der Waals surface area contributed by atoms with Gasteiger partial charge in [-0.25, -0.2) is 4.79 Å². The van der Waals surface area contributed by atoms with Crippen molar-refractivity contribution >= 4 is 29.6 Å². The number of ether oxygens (including phenoxy) is 1. The van der Waals surface area contributed by atoms with Crippen molar-refractivity contribution in [1.29, 1.82) is 0 Å². The van der Waals surface area contributed by atoms with Gasteiger partial charge in [0.15, 0.2) is 0 Å². The molecule has 1 aliphatic rings. The predicted octanol–water partition coefficient (Wildman–Crippen LogP) is 3.75. The molecule has 0 unspecified atom stereocenters. The van der Waals surface area contributed by atoms with Crippen LogP contribution in [-0.2, 0) is 11.3 Å². The topological polar surface area (TPSA) is 58.6 Å². The van der Waals surface area contributed by atoms with E-state index in [9.17, 15) is 9.59 Å². The van der Waals surface area contributed by atoms with Crippen molar-refractivity contribution in [3.8, 4) is 5.75 Å². The zero-order valence-electron chi connectivity index (χ0n) is 13.9. The van der Waals surface area contributed by atoms with E-state index in [4.69, 9.17) is 16.3 Å². The molecular formula is C19H17ClN2O3. The number of hydrogen-bond donors (Lipinski definition) is 1. The number of aryl methyl sites for hydroxylation is 1. The molecule has 3 amide bonds. The monoisotopic (exact) mass is 356 g/mol. The van der Waals surface area contributed by atoms with E-state index in [1.807, 2.05) is 31.2 Å². The van der Waals surface area contributed by atoms with E-state index >= 15 is 0 Å². The maximum Gasteiger partial charge on any atom is 0.329 e. The number of imide groups is 1. The molecule has 0 aliphatic carbocycles. The second kappa shape index (κ2) is 6.99. The van der Waals surface area contributed by atoms with Crippen LogP contribution in [0.15, 0.2) is 48.2 Å². The van der Waals surface area contributed by atoms with Crippen LogP contribution in [0.1, 0.15) is 16.7 Å². The summed E-state index contributed by atoms with van der Waals surface area (Å²) in [6.07, 6.45) is 1.60. The minimum atomic E-state index is -0.433. The standard InChI is InChI=1S/C19H17ClN2O3/c1-12-4-3-5-14(8-12)11-22-18(23)16(21-19(22)24)10-13-6-7-17(25-2)15(20)9-13/h3-10H,11H2,1-2H3,(H,21,24)/b16-10+. The summed E-state index contributed by atoms with van der Waals surface area (Å²) < 4.78 is 5.10. The largest absolute Gasteiger partial charge is 0.495 e. The molecule has 1 saturated heterocycles. The predicted molar refractivity (Wildman–Crippen MR) is 96.2 cm³/mol.